The van der Waals surface area contributed by atoms with Gasteiger partial charge in [0.2, 0.25) is 0 Å². The molecule has 3 fully saturated rings. The van der Waals surface area contributed by atoms with Gasteiger partial charge in [0, 0.05) is 38.0 Å². The third-order valence-electron chi connectivity index (χ3n) is 3.97. The van der Waals surface area contributed by atoms with Gasteiger partial charge in [-0.25, -0.2) is 0 Å². The summed E-state index contributed by atoms with van der Waals surface area (Å²) in [7, 11) is 0. The third kappa shape index (κ3) is 1.14. The summed E-state index contributed by atoms with van der Waals surface area (Å²) in [5, 5.41) is 0. The fourth-order valence-corrected chi connectivity index (χ4v) is 3.41. The van der Waals surface area contributed by atoms with Crippen molar-refractivity contribution >= 4 is 0 Å². The number of likely N-dealkylation sites (tertiary alicyclic amines) is 1. The molecule has 3 nitrogen and oxygen atoms in total. The molecule has 0 saturated carbocycles. The van der Waals surface area contributed by atoms with Crippen molar-refractivity contribution < 1.29 is 4.74 Å². The molecule has 3 rings (SSSR count). The molecule has 3 aliphatic rings. The third-order valence-corrected chi connectivity index (χ3v) is 3.97. The van der Waals surface area contributed by atoms with Gasteiger partial charge in [0.05, 0.1) is 12.2 Å². The molecule has 0 aliphatic carbocycles. The van der Waals surface area contributed by atoms with Gasteiger partial charge in [-0.3, -0.25) is 0 Å². The van der Waals surface area contributed by atoms with Crippen LogP contribution in [0.15, 0.2) is 0 Å². The van der Waals surface area contributed by atoms with Crippen LogP contribution in [-0.2, 0) is 4.74 Å². The highest BCUT2D eigenvalue weighted by molar-refractivity contribution is 5.02. The van der Waals surface area contributed by atoms with Crippen molar-refractivity contribution in [3.63, 3.8) is 0 Å². The summed E-state index contributed by atoms with van der Waals surface area (Å²) in [6.45, 7) is 4.36. The molecule has 3 heterocycles. The Morgan fingerprint density at radius 2 is 1.77 bits per heavy atom. The maximum atomic E-state index is 5.91. The topological polar surface area (TPSA) is 38.5 Å². The Morgan fingerprint density at radius 3 is 2.31 bits per heavy atom. The lowest BCUT2D eigenvalue weighted by molar-refractivity contribution is 0.0710. The molecule has 4 atom stereocenters. The zero-order valence-electron chi connectivity index (χ0n) is 7.98. The van der Waals surface area contributed by atoms with Crippen LogP contribution in [0, 0.1) is 11.8 Å². The first-order valence-electron chi connectivity index (χ1n) is 5.46. The molecule has 3 heteroatoms. The Labute approximate surface area is 79.2 Å². The first-order chi connectivity index (χ1) is 6.38. The van der Waals surface area contributed by atoms with E-state index in [1.54, 1.807) is 0 Å². The number of ether oxygens (including phenoxy) is 1. The minimum atomic E-state index is 0.595. The highest BCUT2D eigenvalue weighted by Crippen LogP contribution is 2.46. The standard InChI is InChI=1S/C10H18N2O/c11-3-4-12-5-7-8(6-12)10-2-1-9(7)13-10/h7-10H,1-6,11H2/t7-,8+,9-,10-/m1/s1. The van der Waals surface area contributed by atoms with Crippen molar-refractivity contribution in [3.8, 4) is 0 Å². The summed E-state index contributed by atoms with van der Waals surface area (Å²) in [4.78, 5) is 2.52. The number of rotatable bonds is 2. The number of nitrogens with zero attached hydrogens (tertiary/aromatic N) is 1. The molecule has 2 bridgehead atoms. The van der Waals surface area contributed by atoms with Crippen molar-refractivity contribution in [2.45, 2.75) is 25.0 Å². The summed E-state index contributed by atoms with van der Waals surface area (Å²) in [6.07, 6.45) is 3.81. The molecule has 0 spiro atoms. The Hall–Kier alpha value is -0.120. The van der Waals surface area contributed by atoms with Crippen molar-refractivity contribution in [2.75, 3.05) is 26.2 Å². The Morgan fingerprint density at radius 1 is 1.15 bits per heavy atom. The summed E-state index contributed by atoms with van der Waals surface area (Å²) in [5.41, 5.74) is 5.57. The maximum absolute atomic E-state index is 5.91. The van der Waals surface area contributed by atoms with Crippen LogP contribution in [0.25, 0.3) is 0 Å². The zero-order chi connectivity index (χ0) is 8.84. The van der Waals surface area contributed by atoms with Crippen LogP contribution in [0.3, 0.4) is 0 Å². The van der Waals surface area contributed by atoms with E-state index in [1.165, 1.54) is 25.9 Å². The summed E-state index contributed by atoms with van der Waals surface area (Å²) >= 11 is 0. The van der Waals surface area contributed by atoms with Crippen molar-refractivity contribution in [3.05, 3.63) is 0 Å². The van der Waals surface area contributed by atoms with E-state index < -0.39 is 0 Å². The second kappa shape index (κ2) is 2.94. The van der Waals surface area contributed by atoms with E-state index in [-0.39, 0.29) is 0 Å². The van der Waals surface area contributed by atoms with Gasteiger partial charge in [0.25, 0.3) is 0 Å². The van der Waals surface area contributed by atoms with E-state index in [0.717, 1.165) is 24.9 Å². The molecule has 2 N–H and O–H groups in total. The molecule has 0 aromatic carbocycles. The number of hydrogen-bond donors (Lipinski definition) is 1. The highest BCUT2D eigenvalue weighted by Gasteiger charge is 2.52. The lowest BCUT2D eigenvalue weighted by Crippen LogP contribution is -2.29. The molecule has 0 radical (unpaired) electrons. The Bertz CT molecular complexity index is 191. The van der Waals surface area contributed by atoms with Gasteiger partial charge in [0.15, 0.2) is 0 Å². The Balaban J connectivity index is 1.69. The second-order valence-corrected chi connectivity index (χ2v) is 4.67. The lowest BCUT2D eigenvalue weighted by atomic mass is 9.82. The summed E-state index contributed by atoms with van der Waals surface area (Å²) in [5.74, 6) is 1.68. The molecule has 0 amide bonds. The smallest absolute Gasteiger partial charge is 0.0624 e. The molecule has 13 heavy (non-hydrogen) atoms. The number of fused-ring (bicyclic) bond motifs is 5. The van der Waals surface area contributed by atoms with Gasteiger partial charge in [-0.2, -0.15) is 0 Å². The van der Waals surface area contributed by atoms with Crippen LogP contribution < -0.4 is 5.73 Å². The number of hydrogen-bond acceptors (Lipinski definition) is 3. The van der Waals surface area contributed by atoms with Crippen LogP contribution in [0.1, 0.15) is 12.8 Å². The van der Waals surface area contributed by atoms with Gasteiger partial charge in [-0.05, 0) is 12.8 Å². The largest absolute Gasteiger partial charge is 0.374 e. The zero-order valence-corrected chi connectivity index (χ0v) is 7.98. The van der Waals surface area contributed by atoms with Crippen molar-refractivity contribution in [1.82, 2.24) is 4.90 Å². The number of nitrogens with two attached hydrogens (primary N) is 1. The van der Waals surface area contributed by atoms with Gasteiger partial charge < -0.3 is 15.4 Å². The Kier molecular flexibility index (Phi) is 1.86. The van der Waals surface area contributed by atoms with Gasteiger partial charge >= 0.3 is 0 Å². The molecule has 3 aliphatic heterocycles. The van der Waals surface area contributed by atoms with E-state index in [4.69, 9.17) is 10.5 Å². The minimum Gasteiger partial charge on any atom is -0.374 e. The fraction of sp³-hybridized carbons (Fsp3) is 1.00. The van der Waals surface area contributed by atoms with Crippen molar-refractivity contribution in [2.24, 2.45) is 17.6 Å². The SMILES string of the molecule is NCCN1C[C@@H]2[C@H](C1)[C@H]1CC[C@H]2O1. The average Bonchev–Trinajstić information content (AvgIpc) is 2.72. The minimum absolute atomic E-state index is 0.595. The van der Waals surface area contributed by atoms with E-state index in [9.17, 15) is 0 Å². The predicted molar refractivity (Wildman–Crippen MR) is 50.4 cm³/mol. The van der Waals surface area contributed by atoms with Crippen molar-refractivity contribution in [1.29, 1.82) is 0 Å². The van der Waals surface area contributed by atoms with Crippen LogP contribution in [0.5, 0.6) is 0 Å². The fourth-order valence-electron chi connectivity index (χ4n) is 3.41. The molecule has 0 aromatic rings. The first kappa shape index (κ1) is 8.21. The van der Waals surface area contributed by atoms with Gasteiger partial charge in [0.1, 0.15) is 0 Å². The van der Waals surface area contributed by atoms with E-state index in [0.29, 0.717) is 12.2 Å². The molecular formula is C10H18N2O. The van der Waals surface area contributed by atoms with E-state index in [1.807, 2.05) is 0 Å². The van der Waals surface area contributed by atoms with Crippen LogP contribution in [0.2, 0.25) is 0 Å². The quantitative estimate of drug-likeness (QED) is 0.656. The highest BCUT2D eigenvalue weighted by atomic mass is 16.5. The lowest BCUT2D eigenvalue weighted by Gasteiger charge is -2.18. The van der Waals surface area contributed by atoms with E-state index >= 15 is 0 Å². The monoisotopic (exact) mass is 182 g/mol. The van der Waals surface area contributed by atoms with E-state index in [2.05, 4.69) is 4.90 Å². The summed E-state index contributed by atoms with van der Waals surface area (Å²) < 4.78 is 5.91. The molecule has 0 unspecified atom stereocenters. The first-order valence-corrected chi connectivity index (χ1v) is 5.46. The molecule has 3 saturated heterocycles. The molecular weight excluding hydrogens is 164 g/mol. The van der Waals surface area contributed by atoms with Crippen LogP contribution >= 0.6 is 0 Å². The predicted octanol–water partition coefficient (Wildman–Crippen LogP) is 0.0543. The van der Waals surface area contributed by atoms with Gasteiger partial charge in [-0.1, -0.05) is 0 Å². The molecule has 74 valence electrons. The average molecular weight is 182 g/mol. The second-order valence-electron chi connectivity index (χ2n) is 4.67. The van der Waals surface area contributed by atoms with Gasteiger partial charge in [-0.15, -0.1) is 0 Å². The summed E-state index contributed by atoms with van der Waals surface area (Å²) in [6, 6.07) is 0. The maximum Gasteiger partial charge on any atom is 0.0624 e. The molecule has 0 aromatic heterocycles. The normalized spacial score (nSPS) is 48.7. The van der Waals surface area contributed by atoms with Crippen LogP contribution in [0.4, 0.5) is 0 Å². The van der Waals surface area contributed by atoms with Crippen LogP contribution in [-0.4, -0.2) is 43.3 Å².